The largest absolute Gasteiger partial charge is 0.459 e. The van der Waals surface area contributed by atoms with Gasteiger partial charge in [0, 0.05) is 37.3 Å². The Hall–Kier alpha value is -1.50. The molecule has 4 rings (SSSR count). The molecule has 4 aliphatic rings. The van der Waals surface area contributed by atoms with Crippen LogP contribution >= 0.6 is 0 Å². The molecular weight excluding hydrogens is 764 g/mol. The predicted molar refractivity (Wildman–Crippen MR) is 221 cm³/mol. The molecular formula is C44H80N2O13. The maximum Gasteiger partial charge on any atom is 0.311 e. The van der Waals surface area contributed by atoms with Crippen molar-refractivity contribution in [3.63, 3.8) is 0 Å². The van der Waals surface area contributed by atoms with Crippen LogP contribution in [0.4, 0.5) is 0 Å². The molecule has 1 aliphatic carbocycles. The number of aliphatic hydroxyl groups is 5. The molecule has 0 aromatic heterocycles. The molecule has 0 bridgehead atoms. The number of carbonyl (C=O) groups is 1. The lowest BCUT2D eigenvalue weighted by atomic mass is 9.73. The first-order valence-electron chi connectivity index (χ1n) is 22.2. The number of carbonyl (C=O) groups excluding carboxylic acids is 1. The van der Waals surface area contributed by atoms with Gasteiger partial charge >= 0.3 is 5.97 Å². The van der Waals surface area contributed by atoms with Crippen molar-refractivity contribution in [2.45, 2.75) is 211 Å². The van der Waals surface area contributed by atoms with Gasteiger partial charge in [-0.25, -0.2) is 0 Å². The number of nitrogens with zero attached hydrogens (tertiary/aromatic N) is 2. The second kappa shape index (κ2) is 20.8. The summed E-state index contributed by atoms with van der Waals surface area (Å²) in [6.45, 7) is 17.8. The third-order valence-electron chi connectivity index (χ3n) is 14.1. The summed E-state index contributed by atoms with van der Waals surface area (Å²) < 4.78 is 37.9. The van der Waals surface area contributed by atoms with Gasteiger partial charge in [0.25, 0.3) is 0 Å². The molecule has 3 heterocycles. The fourth-order valence-electron chi connectivity index (χ4n) is 10.2. The maximum absolute atomic E-state index is 14.4. The molecule has 15 nitrogen and oxygen atoms in total. The monoisotopic (exact) mass is 845 g/mol. The summed E-state index contributed by atoms with van der Waals surface area (Å²) in [5.74, 6) is -3.53. The first-order chi connectivity index (χ1) is 27.5. The predicted octanol–water partition coefficient (Wildman–Crippen LogP) is 4.17. The Bertz CT molecular complexity index is 1360. The van der Waals surface area contributed by atoms with E-state index in [0.29, 0.717) is 24.7 Å². The van der Waals surface area contributed by atoms with Gasteiger partial charge in [0.15, 0.2) is 12.6 Å². The van der Waals surface area contributed by atoms with E-state index in [9.17, 15) is 30.3 Å². The fraction of sp³-hybridized carbons (Fsp3) is 0.955. The van der Waals surface area contributed by atoms with E-state index >= 15 is 0 Å². The molecule has 344 valence electrons. The highest BCUT2D eigenvalue weighted by molar-refractivity contribution is 5.88. The zero-order chi connectivity index (χ0) is 44.2. The van der Waals surface area contributed by atoms with Crippen LogP contribution in [0.3, 0.4) is 0 Å². The molecule has 18 atom stereocenters. The Balaban J connectivity index is 1.85. The molecule has 1 saturated carbocycles. The molecule has 2 unspecified atom stereocenters. The number of aliphatic hydroxyl groups excluding tert-OH is 3. The van der Waals surface area contributed by atoms with Crippen molar-refractivity contribution in [2.75, 3.05) is 27.8 Å². The van der Waals surface area contributed by atoms with Crippen molar-refractivity contribution in [2.24, 2.45) is 34.7 Å². The SMILES string of the molecule is CC[C@@H]1OC(=O)[C@H](C)[C@@H](OC2C[C@@](C)(OC)[C@@H](O)[C@H](C)O2)[C@H](C)[C@@H](O[C@@H]2O[C@H](C)C[C@H](N(C)C)[C@H]2O)C(C)(O)C[C@@H](C)/C(=N\OCC2CCCCC2)[C@@H](C)[C@@H](O)[C@]1(C)O. The van der Waals surface area contributed by atoms with Gasteiger partial charge in [-0.2, -0.15) is 0 Å². The molecule has 3 saturated heterocycles. The van der Waals surface area contributed by atoms with Crippen LogP contribution in [0.1, 0.15) is 127 Å². The molecule has 0 spiro atoms. The van der Waals surface area contributed by atoms with Gasteiger partial charge in [-0.05, 0) is 93.7 Å². The maximum atomic E-state index is 14.4. The van der Waals surface area contributed by atoms with Gasteiger partial charge in [-0.1, -0.05) is 52.1 Å². The van der Waals surface area contributed by atoms with Crippen LogP contribution in [0.2, 0.25) is 0 Å². The number of oxime groups is 1. The number of rotatable bonds is 10. The van der Waals surface area contributed by atoms with Crippen molar-refractivity contribution in [1.29, 1.82) is 0 Å². The van der Waals surface area contributed by atoms with E-state index in [1.807, 2.05) is 39.8 Å². The molecule has 3 aliphatic heterocycles. The molecule has 0 aromatic rings. The number of likely N-dealkylation sites (N-methyl/N-ethyl adjacent to an activating group) is 1. The average molecular weight is 845 g/mol. The van der Waals surface area contributed by atoms with Gasteiger partial charge in [0.1, 0.15) is 30.5 Å². The second-order valence-corrected chi connectivity index (χ2v) is 19.4. The number of hydrogen-bond acceptors (Lipinski definition) is 15. The first-order valence-corrected chi connectivity index (χ1v) is 22.2. The van der Waals surface area contributed by atoms with Crippen LogP contribution < -0.4 is 0 Å². The van der Waals surface area contributed by atoms with E-state index in [-0.39, 0.29) is 31.4 Å². The van der Waals surface area contributed by atoms with Gasteiger partial charge < -0.3 is 63.7 Å². The van der Waals surface area contributed by atoms with Crippen LogP contribution in [-0.4, -0.2) is 154 Å². The number of hydrogen-bond donors (Lipinski definition) is 5. The standard InChI is InChI=1S/C44H80N2O13/c1-14-32-44(10,52)37(48)26(4)34(45-54-23-30-18-16-15-17-19-30)24(2)21-42(8,51)39(59-41-35(47)31(46(11)12)20-25(3)55-41)27(5)36(28(6)40(50)57-32)58-33-22-43(9,53-13)38(49)29(7)56-33/h24-33,35-39,41,47-49,51-52H,14-23H2,1-13H3/b45-34+/t24-,25-,26-,27+,28-,29+,31+,32+,33?,35-,36+,37-,38+,39-,41+,42?,43-,44-/m1/s1. The van der Waals surface area contributed by atoms with Crippen LogP contribution in [0.15, 0.2) is 5.16 Å². The lowest BCUT2D eigenvalue weighted by molar-refractivity contribution is -0.317. The Kier molecular flexibility index (Phi) is 17.7. The minimum absolute atomic E-state index is 0.0377. The Morgan fingerprint density at radius 2 is 1.53 bits per heavy atom. The van der Waals surface area contributed by atoms with Crippen LogP contribution in [0, 0.1) is 29.6 Å². The summed E-state index contributed by atoms with van der Waals surface area (Å²) in [5.41, 5.74) is -4.25. The third kappa shape index (κ3) is 11.8. The number of cyclic esters (lactones) is 1. The minimum Gasteiger partial charge on any atom is -0.459 e. The van der Waals surface area contributed by atoms with Gasteiger partial charge in [-0.15, -0.1) is 0 Å². The van der Waals surface area contributed by atoms with Crippen molar-refractivity contribution >= 4 is 11.7 Å². The third-order valence-corrected chi connectivity index (χ3v) is 14.1. The number of methoxy groups -OCH3 is 1. The van der Waals surface area contributed by atoms with E-state index in [2.05, 4.69) is 5.16 Å². The highest BCUT2D eigenvalue weighted by Gasteiger charge is 2.53. The fourth-order valence-corrected chi connectivity index (χ4v) is 10.2. The van der Waals surface area contributed by atoms with E-state index in [0.717, 1.165) is 25.7 Å². The van der Waals surface area contributed by atoms with Crippen LogP contribution in [-0.2, 0) is 38.1 Å². The number of ether oxygens (including phenoxy) is 6. The smallest absolute Gasteiger partial charge is 0.311 e. The minimum atomic E-state index is -1.92. The highest BCUT2D eigenvalue weighted by Crippen LogP contribution is 2.41. The van der Waals surface area contributed by atoms with Crippen molar-refractivity contribution in [3.8, 4) is 0 Å². The molecule has 0 amide bonds. The van der Waals surface area contributed by atoms with Crippen molar-refractivity contribution in [1.82, 2.24) is 4.90 Å². The lowest BCUT2D eigenvalue weighted by Gasteiger charge is -2.49. The summed E-state index contributed by atoms with van der Waals surface area (Å²) in [7, 11) is 5.27. The Labute approximate surface area is 353 Å². The zero-order valence-electron chi connectivity index (χ0n) is 38.2. The number of esters is 1. The van der Waals surface area contributed by atoms with Crippen LogP contribution in [0.25, 0.3) is 0 Å². The molecule has 15 heteroatoms. The summed E-state index contributed by atoms with van der Waals surface area (Å²) in [5, 5.41) is 64.2. The highest BCUT2D eigenvalue weighted by atomic mass is 16.7. The molecule has 4 fully saturated rings. The normalized spacial score (nSPS) is 47.1. The van der Waals surface area contributed by atoms with Crippen LogP contribution in [0.5, 0.6) is 0 Å². The van der Waals surface area contributed by atoms with E-state index in [1.165, 1.54) is 20.5 Å². The van der Waals surface area contributed by atoms with Crippen molar-refractivity contribution in [3.05, 3.63) is 0 Å². The molecule has 5 N–H and O–H groups in total. The molecule has 0 radical (unpaired) electrons. The summed E-state index contributed by atoms with van der Waals surface area (Å²) in [4.78, 5) is 22.4. The Morgan fingerprint density at radius 3 is 2.12 bits per heavy atom. The second-order valence-electron chi connectivity index (χ2n) is 19.4. The van der Waals surface area contributed by atoms with E-state index < -0.39 is 102 Å². The average Bonchev–Trinajstić information content (AvgIpc) is 3.18. The summed E-state index contributed by atoms with van der Waals surface area (Å²) in [6.07, 6.45) is -3.49. The molecule has 0 aromatic carbocycles. The van der Waals surface area contributed by atoms with Gasteiger partial charge in [-0.3, -0.25) is 4.79 Å². The summed E-state index contributed by atoms with van der Waals surface area (Å²) >= 11 is 0. The van der Waals surface area contributed by atoms with E-state index in [1.54, 1.807) is 41.5 Å². The quantitative estimate of drug-likeness (QED) is 0.155. The summed E-state index contributed by atoms with van der Waals surface area (Å²) in [6, 6.07) is -0.307. The molecule has 59 heavy (non-hydrogen) atoms. The first kappa shape index (κ1) is 50.1. The van der Waals surface area contributed by atoms with Gasteiger partial charge in [0.2, 0.25) is 0 Å². The van der Waals surface area contributed by atoms with Crippen molar-refractivity contribution < 1.29 is 63.6 Å². The topological polar surface area (TPSA) is 198 Å². The zero-order valence-corrected chi connectivity index (χ0v) is 38.2. The lowest BCUT2D eigenvalue weighted by Crippen LogP contribution is -2.61. The van der Waals surface area contributed by atoms with E-state index in [4.69, 9.17) is 33.3 Å². The Morgan fingerprint density at radius 1 is 0.881 bits per heavy atom. The van der Waals surface area contributed by atoms with Gasteiger partial charge in [0.05, 0.1) is 53.4 Å².